The van der Waals surface area contributed by atoms with Gasteiger partial charge in [-0.1, -0.05) is 12.1 Å². The number of carbonyl (C=O) groups excluding carboxylic acids is 1. The summed E-state index contributed by atoms with van der Waals surface area (Å²) in [4.78, 5) is 11.8. The number of rotatable bonds is 8. The van der Waals surface area contributed by atoms with E-state index in [2.05, 4.69) is 15.5 Å². The van der Waals surface area contributed by atoms with E-state index in [4.69, 9.17) is 4.74 Å². The predicted octanol–water partition coefficient (Wildman–Crippen LogP) is 2.47. The lowest BCUT2D eigenvalue weighted by molar-refractivity contribution is -0.121. The van der Waals surface area contributed by atoms with Crippen molar-refractivity contribution in [1.29, 1.82) is 0 Å². The molecule has 0 radical (unpaired) electrons. The smallest absolute Gasteiger partial charge is 0.220 e. The molecule has 23 heavy (non-hydrogen) atoms. The topological polar surface area (TPSA) is 69.0 Å². The summed E-state index contributed by atoms with van der Waals surface area (Å²) in [7, 11) is 0. The van der Waals surface area contributed by atoms with E-state index in [1.807, 2.05) is 18.4 Å². The molecule has 1 aromatic heterocycles. The van der Waals surface area contributed by atoms with E-state index in [1.165, 1.54) is 6.07 Å². The van der Waals surface area contributed by atoms with E-state index in [9.17, 15) is 9.18 Å². The molecule has 2 aromatic rings. The zero-order valence-electron chi connectivity index (χ0n) is 13.3. The highest BCUT2D eigenvalue weighted by atomic mass is 19.1. The van der Waals surface area contributed by atoms with Gasteiger partial charge in [0.2, 0.25) is 5.91 Å². The van der Waals surface area contributed by atoms with Gasteiger partial charge in [-0.3, -0.25) is 4.79 Å². The molecule has 0 bridgehead atoms. The van der Waals surface area contributed by atoms with Crippen LogP contribution in [0.25, 0.3) is 0 Å². The van der Waals surface area contributed by atoms with E-state index < -0.39 is 5.82 Å². The molecule has 1 aromatic carbocycles. The number of amides is 1. The number of hydrogen-bond donors (Lipinski definition) is 1. The third-order valence-corrected chi connectivity index (χ3v) is 3.29. The Morgan fingerprint density at radius 2 is 2.17 bits per heavy atom. The third-order valence-electron chi connectivity index (χ3n) is 3.29. The van der Waals surface area contributed by atoms with Crippen LogP contribution in [-0.2, 0) is 11.3 Å². The summed E-state index contributed by atoms with van der Waals surface area (Å²) in [6.07, 6.45) is 2.47. The van der Waals surface area contributed by atoms with Crippen LogP contribution in [0.5, 0.6) is 5.75 Å². The lowest BCUT2D eigenvalue weighted by Crippen LogP contribution is -2.25. The summed E-state index contributed by atoms with van der Waals surface area (Å²) in [6.45, 7) is 4.67. The Morgan fingerprint density at radius 3 is 2.91 bits per heavy atom. The first-order chi connectivity index (χ1) is 11.1. The van der Waals surface area contributed by atoms with Crippen molar-refractivity contribution in [3.05, 3.63) is 42.2 Å². The van der Waals surface area contributed by atoms with Crippen molar-refractivity contribution in [2.45, 2.75) is 39.3 Å². The van der Waals surface area contributed by atoms with Crippen LogP contribution in [-0.4, -0.2) is 27.3 Å². The van der Waals surface area contributed by atoms with Crippen molar-refractivity contribution < 1.29 is 13.9 Å². The lowest BCUT2D eigenvalue weighted by atomic mass is 10.3. The Kier molecular flexibility index (Phi) is 6.08. The number of halogens is 1. The molecule has 1 amide bonds. The molecule has 0 saturated heterocycles. The average Bonchev–Trinajstić information content (AvgIpc) is 3.00. The first kappa shape index (κ1) is 16.9. The minimum atomic E-state index is -0.398. The number of aromatic nitrogens is 3. The molecular formula is C16H21FN4O2. The molecule has 1 N–H and O–H groups in total. The van der Waals surface area contributed by atoms with Crippen molar-refractivity contribution >= 4 is 5.91 Å². The molecule has 0 saturated carbocycles. The number of hydrogen-bond acceptors (Lipinski definition) is 4. The van der Waals surface area contributed by atoms with E-state index in [-0.39, 0.29) is 24.3 Å². The summed E-state index contributed by atoms with van der Waals surface area (Å²) < 4.78 is 20.5. The first-order valence-electron chi connectivity index (χ1n) is 7.60. The van der Waals surface area contributed by atoms with Gasteiger partial charge in [-0.05, 0) is 32.4 Å². The summed E-state index contributed by atoms with van der Waals surface area (Å²) in [5.41, 5.74) is 0. The molecule has 6 nitrogen and oxygen atoms in total. The summed E-state index contributed by atoms with van der Waals surface area (Å²) in [6, 6.07) is 6.45. The molecule has 124 valence electrons. The van der Waals surface area contributed by atoms with Crippen LogP contribution in [0.1, 0.15) is 38.6 Å². The van der Waals surface area contributed by atoms with E-state index >= 15 is 0 Å². The Hall–Kier alpha value is -2.44. The maximum absolute atomic E-state index is 13.3. The minimum absolute atomic E-state index is 0.0968. The zero-order valence-corrected chi connectivity index (χ0v) is 13.3. The van der Waals surface area contributed by atoms with Crippen molar-refractivity contribution in [1.82, 2.24) is 20.1 Å². The lowest BCUT2D eigenvalue weighted by Gasteiger charge is -2.11. The van der Waals surface area contributed by atoms with Gasteiger partial charge in [-0.25, -0.2) is 4.39 Å². The Bertz CT molecular complexity index is 643. The van der Waals surface area contributed by atoms with Gasteiger partial charge in [0.15, 0.2) is 17.4 Å². The maximum Gasteiger partial charge on any atom is 0.220 e. The SMILES string of the molecule is CC(C)n1cnnc1CNC(=O)CCCOc1ccccc1F. The maximum atomic E-state index is 13.3. The number of carbonyl (C=O) groups is 1. The first-order valence-corrected chi connectivity index (χ1v) is 7.60. The van der Waals surface area contributed by atoms with Crippen molar-refractivity contribution in [3.8, 4) is 5.75 Å². The van der Waals surface area contributed by atoms with Crippen LogP contribution in [0, 0.1) is 5.82 Å². The number of nitrogens with zero attached hydrogens (tertiary/aromatic N) is 3. The third kappa shape index (κ3) is 5.05. The molecule has 7 heteroatoms. The van der Waals surface area contributed by atoms with E-state index in [0.29, 0.717) is 19.4 Å². The van der Waals surface area contributed by atoms with Gasteiger partial charge < -0.3 is 14.6 Å². The zero-order chi connectivity index (χ0) is 16.7. The molecular weight excluding hydrogens is 299 g/mol. The summed E-state index contributed by atoms with van der Waals surface area (Å²) >= 11 is 0. The molecule has 2 rings (SSSR count). The molecule has 0 aliphatic carbocycles. The second-order valence-electron chi connectivity index (χ2n) is 5.41. The van der Waals surface area contributed by atoms with Gasteiger partial charge in [0, 0.05) is 12.5 Å². The highest BCUT2D eigenvalue weighted by molar-refractivity contribution is 5.75. The molecule has 0 atom stereocenters. The van der Waals surface area contributed by atoms with Gasteiger partial charge in [0.05, 0.1) is 13.2 Å². The Morgan fingerprint density at radius 1 is 1.39 bits per heavy atom. The number of benzene rings is 1. The van der Waals surface area contributed by atoms with Gasteiger partial charge >= 0.3 is 0 Å². The molecule has 0 fully saturated rings. The van der Waals surface area contributed by atoms with Crippen LogP contribution in [0.3, 0.4) is 0 Å². The molecule has 0 aliphatic heterocycles. The van der Waals surface area contributed by atoms with Crippen molar-refractivity contribution in [2.24, 2.45) is 0 Å². The highest BCUT2D eigenvalue weighted by Gasteiger charge is 2.09. The van der Waals surface area contributed by atoms with Gasteiger partial charge in [0.25, 0.3) is 0 Å². The average molecular weight is 320 g/mol. The fourth-order valence-electron chi connectivity index (χ4n) is 2.07. The van der Waals surface area contributed by atoms with Crippen molar-refractivity contribution in [3.63, 3.8) is 0 Å². The normalized spacial score (nSPS) is 10.8. The van der Waals surface area contributed by atoms with E-state index in [1.54, 1.807) is 24.5 Å². The predicted molar refractivity (Wildman–Crippen MR) is 83.4 cm³/mol. The van der Waals surface area contributed by atoms with Gasteiger partial charge in [-0.2, -0.15) is 0 Å². The number of para-hydroxylation sites is 1. The van der Waals surface area contributed by atoms with Gasteiger partial charge in [0.1, 0.15) is 6.33 Å². The van der Waals surface area contributed by atoms with Gasteiger partial charge in [-0.15, -0.1) is 10.2 Å². The molecule has 0 spiro atoms. The van der Waals surface area contributed by atoms with Crippen LogP contribution in [0.2, 0.25) is 0 Å². The Labute approximate surface area is 134 Å². The summed E-state index contributed by atoms with van der Waals surface area (Å²) in [5.74, 6) is 0.430. The Balaban J connectivity index is 1.67. The van der Waals surface area contributed by atoms with Crippen molar-refractivity contribution in [2.75, 3.05) is 6.61 Å². The molecule has 0 aliphatic rings. The fourth-order valence-corrected chi connectivity index (χ4v) is 2.07. The fraction of sp³-hybridized carbons (Fsp3) is 0.438. The standard InChI is InChI=1S/C16H21FN4O2/c1-12(2)21-11-19-20-15(21)10-18-16(22)8-5-9-23-14-7-4-3-6-13(14)17/h3-4,6-7,11-12H,5,8-10H2,1-2H3,(H,18,22). The summed E-state index contributed by atoms with van der Waals surface area (Å²) in [5, 5.41) is 10.6. The largest absolute Gasteiger partial charge is 0.491 e. The van der Waals surface area contributed by atoms with E-state index in [0.717, 1.165) is 5.82 Å². The highest BCUT2D eigenvalue weighted by Crippen LogP contribution is 2.15. The minimum Gasteiger partial charge on any atom is -0.491 e. The van der Waals surface area contributed by atoms with Crippen LogP contribution >= 0.6 is 0 Å². The number of nitrogens with one attached hydrogen (secondary N) is 1. The second-order valence-corrected chi connectivity index (χ2v) is 5.41. The quantitative estimate of drug-likeness (QED) is 0.759. The molecule has 0 unspecified atom stereocenters. The second kappa shape index (κ2) is 8.26. The van der Waals surface area contributed by atoms with Crippen LogP contribution in [0.15, 0.2) is 30.6 Å². The number of ether oxygens (including phenoxy) is 1. The van der Waals surface area contributed by atoms with Crippen LogP contribution < -0.4 is 10.1 Å². The monoisotopic (exact) mass is 320 g/mol. The van der Waals surface area contributed by atoms with Crippen LogP contribution in [0.4, 0.5) is 4.39 Å². The molecule has 1 heterocycles.